The molecule has 0 spiro atoms. The molecule has 0 saturated heterocycles. The predicted octanol–water partition coefficient (Wildman–Crippen LogP) is 1.72. The van der Waals surface area contributed by atoms with E-state index in [2.05, 4.69) is 16.0 Å². The lowest BCUT2D eigenvalue weighted by Crippen LogP contribution is -2.46. The zero-order valence-electron chi connectivity index (χ0n) is 10.7. The molecule has 1 aromatic carbocycles. The Bertz CT molecular complexity index is 392. The van der Waals surface area contributed by atoms with E-state index >= 15 is 0 Å². The SMILES string of the molecule is CCCNC(=O)[C@@H](C)NC(=O)Nc1ccccc1. The third-order valence-electron chi connectivity index (χ3n) is 2.32. The van der Waals surface area contributed by atoms with Gasteiger partial charge in [0.25, 0.3) is 0 Å². The number of nitrogens with one attached hydrogen (secondary N) is 3. The predicted molar refractivity (Wildman–Crippen MR) is 71.4 cm³/mol. The van der Waals surface area contributed by atoms with Crippen molar-refractivity contribution in [2.45, 2.75) is 26.3 Å². The standard InChI is InChI=1S/C13H19N3O2/c1-3-9-14-12(17)10(2)15-13(18)16-11-7-5-4-6-8-11/h4-8,10H,3,9H2,1-2H3,(H,14,17)(H2,15,16,18)/t10-/m1/s1. The van der Waals surface area contributed by atoms with Gasteiger partial charge in [0, 0.05) is 12.2 Å². The summed E-state index contributed by atoms with van der Waals surface area (Å²) in [7, 11) is 0. The largest absolute Gasteiger partial charge is 0.354 e. The first kappa shape index (κ1) is 14.0. The number of hydrogen-bond acceptors (Lipinski definition) is 2. The molecule has 0 aliphatic heterocycles. The molecule has 0 aliphatic carbocycles. The maximum Gasteiger partial charge on any atom is 0.319 e. The number of carbonyl (C=O) groups is 2. The molecule has 3 amide bonds. The molecule has 0 aromatic heterocycles. The van der Waals surface area contributed by atoms with E-state index in [4.69, 9.17) is 0 Å². The molecule has 0 unspecified atom stereocenters. The van der Waals surface area contributed by atoms with E-state index in [0.717, 1.165) is 6.42 Å². The summed E-state index contributed by atoms with van der Waals surface area (Å²) in [4.78, 5) is 23.1. The van der Waals surface area contributed by atoms with E-state index in [0.29, 0.717) is 12.2 Å². The Morgan fingerprint density at radius 2 is 1.89 bits per heavy atom. The van der Waals surface area contributed by atoms with Gasteiger partial charge in [-0.15, -0.1) is 0 Å². The second-order valence-corrected chi connectivity index (χ2v) is 3.98. The lowest BCUT2D eigenvalue weighted by molar-refractivity contribution is -0.122. The average Bonchev–Trinajstić information content (AvgIpc) is 2.36. The molecule has 1 atom stereocenters. The van der Waals surface area contributed by atoms with Crippen molar-refractivity contribution in [2.24, 2.45) is 0 Å². The minimum atomic E-state index is -0.555. The first-order chi connectivity index (χ1) is 8.63. The summed E-state index contributed by atoms with van der Waals surface area (Å²) in [5.41, 5.74) is 0.691. The summed E-state index contributed by atoms with van der Waals surface area (Å²) in [6.45, 7) is 4.24. The van der Waals surface area contributed by atoms with Crippen molar-refractivity contribution in [3.63, 3.8) is 0 Å². The smallest absolute Gasteiger partial charge is 0.319 e. The molecule has 1 aromatic rings. The molecule has 5 nitrogen and oxygen atoms in total. The third kappa shape index (κ3) is 4.86. The van der Waals surface area contributed by atoms with Crippen LogP contribution in [0, 0.1) is 0 Å². The first-order valence-corrected chi connectivity index (χ1v) is 6.03. The Morgan fingerprint density at radius 1 is 1.22 bits per heavy atom. The number of urea groups is 1. The maximum absolute atomic E-state index is 11.6. The second kappa shape index (κ2) is 7.32. The zero-order valence-corrected chi connectivity index (χ0v) is 10.7. The molecule has 1 rings (SSSR count). The van der Waals surface area contributed by atoms with Gasteiger partial charge in [-0.25, -0.2) is 4.79 Å². The Labute approximate surface area is 107 Å². The zero-order chi connectivity index (χ0) is 13.4. The number of rotatable bonds is 5. The number of carbonyl (C=O) groups excluding carboxylic acids is 2. The van der Waals surface area contributed by atoms with Gasteiger partial charge < -0.3 is 16.0 Å². The molecule has 18 heavy (non-hydrogen) atoms. The van der Waals surface area contributed by atoms with Crippen molar-refractivity contribution in [1.29, 1.82) is 0 Å². The number of benzene rings is 1. The normalized spacial score (nSPS) is 11.4. The van der Waals surface area contributed by atoms with Crippen LogP contribution in [0.3, 0.4) is 0 Å². The lowest BCUT2D eigenvalue weighted by Gasteiger charge is -2.14. The summed E-state index contributed by atoms with van der Waals surface area (Å²) in [5, 5.41) is 7.95. The van der Waals surface area contributed by atoms with Crippen molar-refractivity contribution in [2.75, 3.05) is 11.9 Å². The topological polar surface area (TPSA) is 70.2 Å². The van der Waals surface area contributed by atoms with Crippen molar-refractivity contribution in [3.05, 3.63) is 30.3 Å². The summed E-state index contributed by atoms with van der Waals surface area (Å²) < 4.78 is 0. The maximum atomic E-state index is 11.6. The summed E-state index contributed by atoms with van der Waals surface area (Å²) in [6, 6.07) is 8.13. The van der Waals surface area contributed by atoms with Crippen LogP contribution >= 0.6 is 0 Å². The first-order valence-electron chi connectivity index (χ1n) is 6.03. The van der Waals surface area contributed by atoms with E-state index < -0.39 is 6.04 Å². The number of amides is 3. The number of hydrogen-bond donors (Lipinski definition) is 3. The van der Waals surface area contributed by atoms with Crippen LogP contribution in [0.15, 0.2) is 30.3 Å². The van der Waals surface area contributed by atoms with Gasteiger partial charge in [-0.05, 0) is 25.5 Å². The minimum absolute atomic E-state index is 0.180. The van der Waals surface area contributed by atoms with E-state index in [1.165, 1.54) is 0 Å². The van der Waals surface area contributed by atoms with Crippen molar-refractivity contribution in [3.8, 4) is 0 Å². The number of anilines is 1. The van der Waals surface area contributed by atoms with Crippen LogP contribution in [0.25, 0.3) is 0 Å². The van der Waals surface area contributed by atoms with E-state index in [1.54, 1.807) is 19.1 Å². The average molecular weight is 249 g/mol. The second-order valence-electron chi connectivity index (χ2n) is 3.98. The highest BCUT2D eigenvalue weighted by Gasteiger charge is 2.14. The monoisotopic (exact) mass is 249 g/mol. The lowest BCUT2D eigenvalue weighted by atomic mass is 10.3. The van der Waals surface area contributed by atoms with E-state index in [1.807, 2.05) is 25.1 Å². The summed E-state index contributed by atoms with van der Waals surface area (Å²) in [6.07, 6.45) is 0.870. The van der Waals surface area contributed by atoms with Gasteiger partial charge in [-0.1, -0.05) is 25.1 Å². The van der Waals surface area contributed by atoms with Crippen LogP contribution in [0.2, 0.25) is 0 Å². The molecule has 5 heteroatoms. The van der Waals surface area contributed by atoms with Gasteiger partial charge in [0.1, 0.15) is 6.04 Å². The quantitative estimate of drug-likeness (QED) is 0.743. The van der Waals surface area contributed by atoms with Gasteiger partial charge in [-0.3, -0.25) is 4.79 Å². The minimum Gasteiger partial charge on any atom is -0.354 e. The van der Waals surface area contributed by atoms with Crippen LogP contribution in [-0.4, -0.2) is 24.5 Å². The molecule has 0 aliphatic rings. The van der Waals surface area contributed by atoms with Crippen LogP contribution in [0.1, 0.15) is 20.3 Å². The van der Waals surface area contributed by atoms with Gasteiger partial charge in [0.05, 0.1) is 0 Å². The Hall–Kier alpha value is -2.04. The highest BCUT2D eigenvalue weighted by Crippen LogP contribution is 2.04. The fourth-order valence-electron chi connectivity index (χ4n) is 1.35. The number of para-hydroxylation sites is 1. The molecule has 98 valence electrons. The molecular weight excluding hydrogens is 230 g/mol. The Balaban J connectivity index is 2.38. The van der Waals surface area contributed by atoms with Crippen LogP contribution in [0.5, 0.6) is 0 Å². The van der Waals surface area contributed by atoms with Crippen molar-refractivity contribution >= 4 is 17.6 Å². The molecule has 0 radical (unpaired) electrons. The molecule has 0 heterocycles. The highest BCUT2D eigenvalue weighted by molar-refractivity contribution is 5.93. The van der Waals surface area contributed by atoms with E-state index in [-0.39, 0.29) is 11.9 Å². The third-order valence-corrected chi connectivity index (χ3v) is 2.32. The van der Waals surface area contributed by atoms with Crippen LogP contribution in [0.4, 0.5) is 10.5 Å². The Kier molecular flexibility index (Phi) is 5.70. The fraction of sp³-hybridized carbons (Fsp3) is 0.385. The van der Waals surface area contributed by atoms with Crippen molar-refractivity contribution in [1.82, 2.24) is 10.6 Å². The molecule has 0 bridgehead atoms. The van der Waals surface area contributed by atoms with E-state index in [9.17, 15) is 9.59 Å². The van der Waals surface area contributed by atoms with Crippen LogP contribution in [-0.2, 0) is 4.79 Å². The molecule has 0 saturated carbocycles. The van der Waals surface area contributed by atoms with Crippen LogP contribution < -0.4 is 16.0 Å². The van der Waals surface area contributed by atoms with Crippen molar-refractivity contribution < 1.29 is 9.59 Å². The Morgan fingerprint density at radius 3 is 2.50 bits per heavy atom. The summed E-state index contributed by atoms with van der Waals surface area (Å²) >= 11 is 0. The van der Waals surface area contributed by atoms with Gasteiger partial charge in [-0.2, -0.15) is 0 Å². The van der Waals surface area contributed by atoms with Gasteiger partial charge in [0.2, 0.25) is 5.91 Å². The molecule has 0 fully saturated rings. The highest BCUT2D eigenvalue weighted by atomic mass is 16.2. The molecular formula is C13H19N3O2. The fourth-order valence-corrected chi connectivity index (χ4v) is 1.35. The van der Waals surface area contributed by atoms with Gasteiger partial charge >= 0.3 is 6.03 Å². The molecule has 3 N–H and O–H groups in total. The summed E-state index contributed by atoms with van der Waals surface area (Å²) in [5.74, 6) is -0.180. The van der Waals surface area contributed by atoms with Gasteiger partial charge in [0.15, 0.2) is 0 Å².